The van der Waals surface area contributed by atoms with E-state index >= 15 is 0 Å². The number of aryl methyl sites for hydroxylation is 1. The van der Waals surface area contributed by atoms with E-state index in [-0.39, 0.29) is 23.3 Å². The molecule has 1 fully saturated rings. The molecular formula is C20H19F3N4O3. The maximum Gasteiger partial charge on any atom is 0.416 e. The molecule has 0 radical (unpaired) electrons. The Balaban J connectivity index is 1.63. The number of benzene rings is 1. The zero-order valence-electron chi connectivity index (χ0n) is 16.3. The quantitative estimate of drug-likeness (QED) is 0.691. The van der Waals surface area contributed by atoms with Gasteiger partial charge in [-0.2, -0.15) is 18.3 Å². The third kappa shape index (κ3) is 3.64. The Morgan fingerprint density at radius 3 is 2.70 bits per heavy atom. The fourth-order valence-corrected chi connectivity index (χ4v) is 3.59. The van der Waals surface area contributed by atoms with Gasteiger partial charge in [0.2, 0.25) is 0 Å². The highest BCUT2D eigenvalue weighted by Crippen LogP contribution is 2.38. The van der Waals surface area contributed by atoms with E-state index < -0.39 is 17.5 Å². The summed E-state index contributed by atoms with van der Waals surface area (Å²) in [5.41, 5.74) is 0.261. The molecule has 1 N–H and O–H groups in total. The molecular weight excluding hydrogens is 401 g/mol. The van der Waals surface area contributed by atoms with E-state index in [0.29, 0.717) is 37.0 Å². The molecule has 1 aromatic carbocycles. The van der Waals surface area contributed by atoms with Gasteiger partial charge in [-0.25, -0.2) is 9.78 Å². The number of likely N-dealkylation sites (N-methyl/N-ethyl adjacent to an activating group) is 1. The number of amides is 1. The molecule has 0 spiro atoms. The molecule has 1 aliphatic rings. The summed E-state index contributed by atoms with van der Waals surface area (Å²) >= 11 is 0. The standard InChI is InChI=1S/C20H19F3N4O3/c1-3-26-9-14(30-19(26)29)10-27-8-12-4-5-15(24-18(12)25-27)17-11(2)6-13(7-16(17)28)20(21,22)23/h4-8,14,28H,3,9-10H2,1-2H3/t14-/m1/s1. The average molecular weight is 420 g/mol. The lowest BCUT2D eigenvalue weighted by Gasteiger charge is -2.13. The summed E-state index contributed by atoms with van der Waals surface area (Å²) in [5.74, 6) is -0.494. The van der Waals surface area contributed by atoms with Crippen molar-refractivity contribution in [1.29, 1.82) is 0 Å². The average Bonchev–Trinajstić information content (AvgIpc) is 3.22. The number of fused-ring (bicyclic) bond motifs is 1. The summed E-state index contributed by atoms with van der Waals surface area (Å²) in [5, 5.41) is 15.3. The number of carbonyl (C=O) groups is 1. The van der Waals surface area contributed by atoms with Crippen LogP contribution in [0.25, 0.3) is 22.3 Å². The van der Waals surface area contributed by atoms with Crippen LogP contribution >= 0.6 is 0 Å². The largest absolute Gasteiger partial charge is 0.507 e. The van der Waals surface area contributed by atoms with Gasteiger partial charge in [0.1, 0.15) is 11.9 Å². The molecule has 0 bridgehead atoms. The number of phenols is 1. The van der Waals surface area contributed by atoms with Crippen molar-refractivity contribution in [1.82, 2.24) is 19.7 Å². The van der Waals surface area contributed by atoms with E-state index in [2.05, 4.69) is 10.1 Å². The first-order valence-electron chi connectivity index (χ1n) is 9.36. The molecule has 3 heterocycles. The van der Waals surface area contributed by atoms with Crippen LogP contribution in [0.5, 0.6) is 5.75 Å². The molecule has 0 aliphatic carbocycles. The van der Waals surface area contributed by atoms with Crippen molar-refractivity contribution in [2.75, 3.05) is 13.1 Å². The lowest BCUT2D eigenvalue weighted by Crippen LogP contribution is -2.25. The Morgan fingerprint density at radius 1 is 1.30 bits per heavy atom. The number of cyclic esters (lactones) is 1. The Bertz CT molecular complexity index is 1100. The summed E-state index contributed by atoms with van der Waals surface area (Å²) in [4.78, 5) is 17.7. The first-order valence-corrected chi connectivity index (χ1v) is 9.36. The van der Waals surface area contributed by atoms with Crippen molar-refractivity contribution in [2.24, 2.45) is 0 Å². The van der Waals surface area contributed by atoms with Crippen LogP contribution in [0.1, 0.15) is 18.1 Å². The molecule has 1 aliphatic heterocycles. The number of carbonyl (C=O) groups excluding carboxylic acids is 1. The Labute approximate surface area is 169 Å². The molecule has 4 rings (SSSR count). The molecule has 7 nitrogen and oxygen atoms in total. The zero-order chi connectivity index (χ0) is 21.6. The van der Waals surface area contributed by atoms with Gasteiger partial charge in [0.05, 0.1) is 24.3 Å². The molecule has 10 heteroatoms. The highest BCUT2D eigenvalue weighted by atomic mass is 19.4. The number of pyridine rings is 1. The van der Waals surface area contributed by atoms with Gasteiger partial charge >= 0.3 is 12.3 Å². The van der Waals surface area contributed by atoms with Crippen molar-refractivity contribution in [3.63, 3.8) is 0 Å². The van der Waals surface area contributed by atoms with Gasteiger partial charge in [-0.3, -0.25) is 4.68 Å². The van der Waals surface area contributed by atoms with Crippen LogP contribution in [-0.4, -0.2) is 50.1 Å². The van der Waals surface area contributed by atoms with E-state index in [1.165, 1.54) is 6.92 Å². The summed E-state index contributed by atoms with van der Waals surface area (Å²) in [6.07, 6.45) is -3.47. The number of hydrogen-bond donors (Lipinski definition) is 1. The molecule has 3 aromatic rings. The lowest BCUT2D eigenvalue weighted by molar-refractivity contribution is -0.137. The van der Waals surface area contributed by atoms with Crippen LogP contribution in [0, 0.1) is 6.92 Å². The van der Waals surface area contributed by atoms with Gasteiger partial charge in [-0.05, 0) is 43.7 Å². The number of phenolic OH excluding ortho intramolecular Hbond substituents is 1. The third-order valence-corrected chi connectivity index (χ3v) is 5.04. The molecule has 158 valence electrons. The number of ether oxygens (including phenoxy) is 1. The van der Waals surface area contributed by atoms with Gasteiger partial charge in [0.15, 0.2) is 5.65 Å². The highest BCUT2D eigenvalue weighted by molar-refractivity contribution is 5.80. The summed E-state index contributed by atoms with van der Waals surface area (Å²) in [6.45, 7) is 4.76. The second-order valence-corrected chi connectivity index (χ2v) is 7.19. The van der Waals surface area contributed by atoms with Crippen molar-refractivity contribution in [3.05, 3.63) is 41.6 Å². The fourth-order valence-electron chi connectivity index (χ4n) is 3.59. The number of nitrogens with zero attached hydrogens (tertiary/aromatic N) is 4. The van der Waals surface area contributed by atoms with Crippen LogP contribution < -0.4 is 0 Å². The molecule has 0 unspecified atom stereocenters. The fraction of sp³-hybridized carbons (Fsp3) is 0.350. The zero-order valence-corrected chi connectivity index (χ0v) is 16.3. The maximum atomic E-state index is 13.0. The summed E-state index contributed by atoms with van der Waals surface area (Å²) in [7, 11) is 0. The molecule has 1 atom stereocenters. The number of halogens is 3. The Morgan fingerprint density at radius 2 is 2.07 bits per heavy atom. The third-order valence-electron chi connectivity index (χ3n) is 5.04. The van der Waals surface area contributed by atoms with Gasteiger partial charge in [-0.15, -0.1) is 0 Å². The smallest absolute Gasteiger partial charge is 0.416 e. The van der Waals surface area contributed by atoms with Crippen molar-refractivity contribution in [2.45, 2.75) is 32.7 Å². The molecule has 30 heavy (non-hydrogen) atoms. The van der Waals surface area contributed by atoms with Gasteiger partial charge in [-0.1, -0.05) is 0 Å². The predicted molar refractivity (Wildman–Crippen MR) is 102 cm³/mol. The van der Waals surface area contributed by atoms with Crippen LogP contribution in [-0.2, 0) is 17.5 Å². The van der Waals surface area contributed by atoms with Crippen LogP contribution in [0.15, 0.2) is 30.5 Å². The number of hydrogen-bond acceptors (Lipinski definition) is 5. The summed E-state index contributed by atoms with van der Waals surface area (Å²) in [6, 6.07) is 5.03. The van der Waals surface area contributed by atoms with Crippen LogP contribution in [0.4, 0.5) is 18.0 Å². The van der Waals surface area contributed by atoms with E-state index in [1.807, 2.05) is 6.92 Å². The number of aromatic nitrogens is 3. The van der Waals surface area contributed by atoms with Gasteiger partial charge in [0.25, 0.3) is 0 Å². The summed E-state index contributed by atoms with van der Waals surface area (Å²) < 4.78 is 45.8. The maximum absolute atomic E-state index is 13.0. The molecule has 0 saturated carbocycles. The monoisotopic (exact) mass is 420 g/mol. The van der Waals surface area contributed by atoms with Gasteiger partial charge in [0, 0.05) is 23.7 Å². The van der Waals surface area contributed by atoms with Crippen molar-refractivity contribution >= 4 is 17.1 Å². The molecule has 1 saturated heterocycles. The van der Waals surface area contributed by atoms with Crippen molar-refractivity contribution in [3.8, 4) is 17.0 Å². The van der Waals surface area contributed by atoms with Crippen molar-refractivity contribution < 1.29 is 27.8 Å². The minimum absolute atomic E-state index is 0.225. The normalized spacial score (nSPS) is 17.0. The van der Waals surface area contributed by atoms with E-state index in [1.54, 1.807) is 27.9 Å². The van der Waals surface area contributed by atoms with Gasteiger partial charge < -0.3 is 14.7 Å². The second kappa shape index (κ2) is 7.19. The number of aromatic hydroxyl groups is 1. The minimum Gasteiger partial charge on any atom is -0.507 e. The minimum atomic E-state index is -4.55. The first-order chi connectivity index (χ1) is 14.2. The number of alkyl halides is 3. The van der Waals surface area contributed by atoms with E-state index in [9.17, 15) is 23.1 Å². The lowest BCUT2D eigenvalue weighted by atomic mass is 10.00. The predicted octanol–water partition coefficient (Wildman–Crippen LogP) is 3.97. The highest BCUT2D eigenvalue weighted by Gasteiger charge is 2.32. The Hall–Kier alpha value is -3.30. The molecule has 2 aromatic heterocycles. The molecule has 1 amide bonds. The van der Waals surface area contributed by atoms with Crippen LogP contribution in [0.3, 0.4) is 0 Å². The second-order valence-electron chi connectivity index (χ2n) is 7.19. The van der Waals surface area contributed by atoms with E-state index in [4.69, 9.17) is 4.74 Å². The first kappa shape index (κ1) is 20.0. The Kier molecular flexibility index (Phi) is 4.79. The SMILES string of the molecule is CCN1C[C@H](Cn2cc3ccc(-c4c(C)cc(C(F)(F)F)cc4O)nc3n2)OC1=O. The van der Waals surface area contributed by atoms with E-state index in [0.717, 1.165) is 11.5 Å². The van der Waals surface area contributed by atoms with Crippen LogP contribution in [0.2, 0.25) is 0 Å². The number of rotatable bonds is 4. The topological polar surface area (TPSA) is 80.5 Å².